The number of ether oxygens (including phenoxy) is 1. The summed E-state index contributed by atoms with van der Waals surface area (Å²) in [6.45, 7) is 6.55. The van der Waals surface area contributed by atoms with Crippen molar-refractivity contribution in [3.63, 3.8) is 0 Å². The molecule has 1 aromatic heterocycles. The first-order chi connectivity index (χ1) is 14.4. The molecule has 2 aromatic rings. The van der Waals surface area contributed by atoms with Gasteiger partial charge in [-0.15, -0.1) is 0 Å². The standard InChI is InChI=1S/C23H29NO6S/c1-15-20-18(25)13-23(2,3)14-19(20)30-21(15)22(26)24(4)10-7-11-29-16-8-6-9-17(12-16)31(5,27)28/h6,8-9,12H,7,10-11,13-14H2,1-5H3. The molecule has 31 heavy (non-hydrogen) atoms. The van der Waals surface area contributed by atoms with Crippen molar-refractivity contribution >= 4 is 21.5 Å². The second-order valence-electron chi connectivity index (χ2n) is 8.97. The number of rotatable bonds is 7. The van der Waals surface area contributed by atoms with Crippen LogP contribution in [0.15, 0.2) is 33.6 Å². The highest BCUT2D eigenvalue weighted by Crippen LogP contribution is 2.38. The molecule has 1 aliphatic rings. The van der Waals surface area contributed by atoms with E-state index in [1.54, 1.807) is 31.0 Å². The Labute approximate surface area is 183 Å². The van der Waals surface area contributed by atoms with E-state index in [1.165, 1.54) is 12.1 Å². The largest absolute Gasteiger partial charge is 0.493 e. The van der Waals surface area contributed by atoms with Gasteiger partial charge in [-0.1, -0.05) is 19.9 Å². The molecule has 0 radical (unpaired) electrons. The molecule has 0 atom stereocenters. The van der Waals surface area contributed by atoms with Gasteiger partial charge in [-0.05, 0) is 37.0 Å². The van der Waals surface area contributed by atoms with Gasteiger partial charge in [0.1, 0.15) is 11.5 Å². The van der Waals surface area contributed by atoms with Crippen LogP contribution in [0, 0.1) is 12.3 Å². The van der Waals surface area contributed by atoms with Crippen LogP contribution >= 0.6 is 0 Å². The Morgan fingerprint density at radius 1 is 1.26 bits per heavy atom. The van der Waals surface area contributed by atoms with Crippen LogP contribution in [0.2, 0.25) is 0 Å². The molecule has 0 unspecified atom stereocenters. The molecule has 1 aliphatic carbocycles. The van der Waals surface area contributed by atoms with Crippen molar-refractivity contribution in [3.05, 3.63) is 46.9 Å². The van der Waals surface area contributed by atoms with Crippen molar-refractivity contribution in [2.75, 3.05) is 26.5 Å². The Bertz CT molecular complexity index is 1110. The highest BCUT2D eigenvalue weighted by Gasteiger charge is 2.37. The number of carbonyl (C=O) groups excluding carboxylic acids is 2. The van der Waals surface area contributed by atoms with E-state index in [9.17, 15) is 18.0 Å². The third-order valence-electron chi connectivity index (χ3n) is 5.46. The molecule has 1 heterocycles. The number of hydrogen-bond donors (Lipinski definition) is 0. The summed E-state index contributed by atoms with van der Waals surface area (Å²) in [7, 11) is -1.62. The second kappa shape index (κ2) is 8.49. The number of ketones is 1. The van der Waals surface area contributed by atoms with E-state index >= 15 is 0 Å². The van der Waals surface area contributed by atoms with Crippen molar-refractivity contribution in [3.8, 4) is 5.75 Å². The minimum atomic E-state index is -3.30. The van der Waals surface area contributed by atoms with Crippen LogP contribution in [0.4, 0.5) is 0 Å². The Balaban J connectivity index is 1.59. The minimum Gasteiger partial charge on any atom is -0.493 e. The van der Waals surface area contributed by atoms with Crippen molar-refractivity contribution < 1.29 is 27.2 Å². The molecule has 3 rings (SSSR count). The first kappa shape index (κ1) is 23.1. The lowest BCUT2D eigenvalue weighted by Gasteiger charge is -2.27. The lowest BCUT2D eigenvalue weighted by atomic mass is 9.76. The number of benzene rings is 1. The molecule has 0 saturated carbocycles. The summed E-state index contributed by atoms with van der Waals surface area (Å²) < 4.78 is 34.8. The SMILES string of the molecule is Cc1c(C(=O)N(C)CCCOc2cccc(S(C)(=O)=O)c2)oc2c1C(=O)CC(C)(C)C2. The second-order valence-corrected chi connectivity index (χ2v) is 11.0. The van der Waals surface area contributed by atoms with Crippen LogP contribution in [-0.4, -0.2) is 51.5 Å². The molecule has 8 heteroatoms. The van der Waals surface area contributed by atoms with Gasteiger partial charge in [0.25, 0.3) is 5.91 Å². The van der Waals surface area contributed by atoms with E-state index in [0.717, 1.165) is 6.26 Å². The van der Waals surface area contributed by atoms with Gasteiger partial charge in [-0.3, -0.25) is 9.59 Å². The van der Waals surface area contributed by atoms with E-state index in [1.807, 2.05) is 13.8 Å². The van der Waals surface area contributed by atoms with E-state index < -0.39 is 9.84 Å². The average Bonchev–Trinajstić information content (AvgIpc) is 2.99. The maximum Gasteiger partial charge on any atom is 0.289 e. The van der Waals surface area contributed by atoms with Crippen LogP contribution in [-0.2, 0) is 16.3 Å². The predicted molar refractivity (Wildman–Crippen MR) is 117 cm³/mol. The zero-order valence-electron chi connectivity index (χ0n) is 18.6. The van der Waals surface area contributed by atoms with Gasteiger partial charge in [0.05, 0.1) is 17.1 Å². The zero-order chi connectivity index (χ0) is 23.0. The summed E-state index contributed by atoms with van der Waals surface area (Å²) in [5.41, 5.74) is 0.998. The monoisotopic (exact) mass is 447 g/mol. The molecule has 0 saturated heterocycles. The topological polar surface area (TPSA) is 93.9 Å². The fourth-order valence-corrected chi connectivity index (χ4v) is 4.50. The third kappa shape index (κ3) is 5.18. The van der Waals surface area contributed by atoms with Crippen molar-refractivity contribution in [1.29, 1.82) is 0 Å². The number of nitrogens with zero attached hydrogens (tertiary/aromatic N) is 1. The highest BCUT2D eigenvalue weighted by atomic mass is 32.2. The van der Waals surface area contributed by atoms with Gasteiger partial charge in [-0.25, -0.2) is 8.42 Å². The normalized spacial score (nSPS) is 15.5. The molecule has 0 bridgehead atoms. The summed E-state index contributed by atoms with van der Waals surface area (Å²) in [6, 6.07) is 6.33. The first-order valence-corrected chi connectivity index (χ1v) is 12.1. The predicted octanol–water partition coefficient (Wildman–Crippen LogP) is 3.69. The fourth-order valence-electron chi connectivity index (χ4n) is 3.85. The number of carbonyl (C=O) groups is 2. The highest BCUT2D eigenvalue weighted by molar-refractivity contribution is 7.90. The summed E-state index contributed by atoms with van der Waals surface area (Å²) in [6.07, 6.45) is 2.78. The Hall–Kier alpha value is -2.61. The summed E-state index contributed by atoms with van der Waals surface area (Å²) in [5, 5.41) is 0. The van der Waals surface area contributed by atoms with Gasteiger partial charge < -0.3 is 14.1 Å². The quantitative estimate of drug-likeness (QED) is 0.601. The van der Waals surface area contributed by atoms with Crippen LogP contribution in [0.1, 0.15) is 58.9 Å². The maximum absolute atomic E-state index is 12.9. The van der Waals surface area contributed by atoms with Gasteiger partial charge in [0, 0.05) is 38.3 Å². The lowest BCUT2D eigenvalue weighted by Crippen LogP contribution is -2.29. The molecule has 0 spiro atoms. The lowest BCUT2D eigenvalue weighted by molar-refractivity contribution is 0.0749. The molecule has 0 N–H and O–H groups in total. The smallest absolute Gasteiger partial charge is 0.289 e. The molecule has 168 valence electrons. The number of Topliss-reactive ketones (excluding diaryl/α,β-unsaturated/α-hetero) is 1. The van der Waals surface area contributed by atoms with Crippen molar-refractivity contribution in [1.82, 2.24) is 4.90 Å². The zero-order valence-corrected chi connectivity index (χ0v) is 19.5. The summed E-state index contributed by atoms with van der Waals surface area (Å²) >= 11 is 0. The molecule has 0 fully saturated rings. The van der Waals surface area contributed by atoms with Gasteiger partial charge >= 0.3 is 0 Å². The number of sulfone groups is 1. The van der Waals surface area contributed by atoms with E-state index in [0.29, 0.717) is 55.1 Å². The summed E-state index contributed by atoms with van der Waals surface area (Å²) in [5.74, 6) is 1.05. The number of fused-ring (bicyclic) bond motifs is 1. The molecule has 7 nitrogen and oxygen atoms in total. The van der Waals surface area contributed by atoms with Gasteiger partial charge in [0.15, 0.2) is 21.4 Å². The van der Waals surface area contributed by atoms with Gasteiger partial charge in [-0.2, -0.15) is 0 Å². The summed E-state index contributed by atoms with van der Waals surface area (Å²) in [4.78, 5) is 27.2. The molecular formula is C23H29NO6S. The first-order valence-electron chi connectivity index (χ1n) is 10.2. The van der Waals surface area contributed by atoms with E-state index in [4.69, 9.17) is 9.15 Å². The van der Waals surface area contributed by atoms with E-state index in [-0.39, 0.29) is 27.8 Å². The van der Waals surface area contributed by atoms with Crippen molar-refractivity contribution in [2.45, 2.75) is 44.9 Å². The third-order valence-corrected chi connectivity index (χ3v) is 6.57. The fraction of sp³-hybridized carbons (Fsp3) is 0.478. The molecule has 1 amide bonds. The Morgan fingerprint density at radius 2 is 1.97 bits per heavy atom. The van der Waals surface area contributed by atoms with Crippen LogP contribution in [0.3, 0.4) is 0 Å². The number of amides is 1. The average molecular weight is 448 g/mol. The van der Waals surface area contributed by atoms with Crippen LogP contribution in [0.25, 0.3) is 0 Å². The number of furan rings is 1. The molecule has 1 aromatic carbocycles. The van der Waals surface area contributed by atoms with E-state index in [2.05, 4.69) is 0 Å². The maximum atomic E-state index is 12.9. The molecule has 0 aliphatic heterocycles. The Morgan fingerprint density at radius 3 is 2.65 bits per heavy atom. The number of hydrogen-bond acceptors (Lipinski definition) is 6. The Kier molecular flexibility index (Phi) is 6.32. The minimum absolute atomic E-state index is 0.0268. The van der Waals surface area contributed by atoms with Crippen molar-refractivity contribution in [2.24, 2.45) is 5.41 Å². The van der Waals surface area contributed by atoms with Crippen LogP contribution in [0.5, 0.6) is 5.75 Å². The van der Waals surface area contributed by atoms with Gasteiger partial charge in [0.2, 0.25) is 0 Å². The molecular weight excluding hydrogens is 418 g/mol. The van der Waals surface area contributed by atoms with Crippen LogP contribution < -0.4 is 4.74 Å².